The molecule has 1 saturated heterocycles. The normalized spacial score (nSPS) is 31.6. The molecule has 1 N–H and O–H groups in total. The van der Waals surface area contributed by atoms with Crippen molar-refractivity contribution in [2.75, 3.05) is 13.1 Å². The first-order valence-corrected chi connectivity index (χ1v) is 3.41. The van der Waals surface area contributed by atoms with Crippen LogP contribution in [0.2, 0.25) is 0 Å². The zero-order chi connectivity index (χ0) is 7.61. The molecule has 1 aliphatic heterocycles. The summed E-state index contributed by atoms with van der Waals surface area (Å²) in [6, 6.07) is 0. The molecular formula is C8H11NO. The Kier molecular flexibility index (Phi) is 1.78. The number of hydrogen-bond donors (Lipinski definition) is 1. The second kappa shape index (κ2) is 2.43. The van der Waals surface area contributed by atoms with Gasteiger partial charge in [-0.1, -0.05) is 6.92 Å². The Hall–Kier alpha value is -0.810. The zero-order valence-corrected chi connectivity index (χ0v) is 6.11. The van der Waals surface area contributed by atoms with Gasteiger partial charge in [-0.3, -0.25) is 4.79 Å². The Balaban J connectivity index is 2.69. The Bertz CT molecular complexity index is 184. The third-order valence-electron chi connectivity index (χ3n) is 2.05. The molecule has 1 rings (SSSR count). The lowest BCUT2D eigenvalue weighted by Crippen LogP contribution is -2.28. The van der Waals surface area contributed by atoms with Crippen LogP contribution in [0.5, 0.6) is 0 Å². The molecule has 10 heavy (non-hydrogen) atoms. The summed E-state index contributed by atoms with van der Waals surface area (Å²) in [4.78, 5) is 11.1. The van der Waals surface area contributed by atoms with Crippen LogP contribution in [0.15, 0.2) is 0 Å². The smallest absolute Gasteiger partial charge is 0.212 e. The highest BCUT2D eigenvalue weighted by Crippen LogP contribution is 2.24. The minimum atomic E-state index is -0.283. The van der Waals surface area contributed by atoms with Crippen LogP contribution < -0.4 is 5.32 Å². The maximum absolute atomic E-state index is 11.1. The molecule has 0 spiro atoms. The van der Waals surface area contributed by atoms with Gasteiger partial charge in [0.2, 0.25) is 5.78 Å². The first kappa shape index (κ1) is 7.30. The number of rotatable bonds is 1. The molecule has 1 heterocycles. The van der Waals surface area contributed by atoms with Gasteiger partial charge in [-0.2, -0.15) is 0 Å². The maximum atomic E-state index is 11.1. The molecule has 0 bridgehead atoms. The summed E-state index contributed by atoms with van der Waals surface area (Å²) in [7, 11) is 0. The van der Waals surface area contributed by atoms with Gasteiger partial charge in [0.25, 0.3) is 0 Å². The summed E-state index contributed by atoms with van der Waals surface area (Å²) in [5.41, 5.74) is -0.283. The highest BCUT2D eigenvalue weighted by molar-refractivity contribution is 5.99. The standard InChI is InChI=1S/C8H11NO/c1-3-7(10)8(2)4-5-9-6-8/h1,9H,4-6H2,2H3. The largest absolute Gasteiger partial charge is 0.316 e. The summed E-state index contributed by atoms with van der Waals surface area (Å²) < 4.78 is 0. The molecule has 1 fully saturated rings. The van der Waals surface area contributed by atoms with Gasteiger partial charge in [0, 0.05) is 6.54 Å². The number of hydrogen-bond acceptors (Lipinski definition) is 2. The van der Waals surface area contributed by atoms with E-state index in [-0.39, 0.29) is 11.2 Å². The van der Waals surface area contributed by atoms with Crippen LogP contribution in [0.1, 0.15) is 13.3 Å². The number of terminal acetylenes is 1. The molecule has 2 heteroatoms. The van der Waals surface area contributed by atoms with Gasteiger partial charge in [0.15, 0.2) is 0 Å². The van der Waals surface area contributed by atoms with Crippen molar-refractivity contribution in [2.45, 2.75) is 13.3 Å². The Morgan fingerprint density at radius 2 is 2.50 bits per heavy atom. The van der Waals surface area contributed by atoms with E-state index in [1.54, 1.807) is 0 Å². The lowest BCUT2D eigenvalue weighted by molar-refractivity contribution is -0.121. The molecule has 2 nitrogen and oxygen atoms in total. The van der Waals surface area contributed by atoms with Crippen LogP contribution in [0.25, 0.3) is 0 Å². The molecule has 54 valence electrons. The van der Waals surface area contributed by atoms with Crippen LogP contribution in [0.3, 0.4) is 0 Å². The van der Waals surface area contributed by atoms with Crippen molar-refractivity contribution >= 4 is 5.78 Å². The van der Waals surface area contributed by atoms with Gasteiger partial charge < -0.3 is 5.32 Å². The van der Waals surface area contributed by atoms with Crippen LogP contribution >= 0.6 is 0 Å². The summed E-state index contributed by atoms with van der Waals surface area (Å²) in [5.74, 6) is 2.10. The Labute approximate surface area is 61.0 Å². The molecule has 0 aromatic carbocycles. The van der Waals surface area contributed by atoms with E-state index in [2.05, 4.69) is 11.2 Å². The number of ketones is 1. The number of Topliss-reactive ketones (excluding diaryl/α,β-unsaturated/α-hetero) is 1. The minimum Gasteiger partial charge on any atom is -0.316 e. The summed E-state index contributed by atoms with van der Waals surface area (Å²) in [6.07, 6.45) is 5.88. The van der Waals surface area contributed by atoms with Crippen molar-refractivity contribution < 1.29 is 4.79 Å². The van der Waals surface area contributed by atoms with E-state index in [0.29, 0.717) is 0 Å². The van der Waals surface area contributed by atoms with E-state index in [4.69, 9.17) is 6.42 Å². The van der Waals surface area contributed by atoms with E-state index < -0.39 is 0 Å². The number of carbonyl (C=O) groups excluding carboxylic acids is 1. The third kappa shape index (κ3) is 1.05. The van der Waals surface area contributed by atoms with E-state index in [0.717, 1.165) is 19.5 Å². The molecule has 1 atom stereocenters. The Morgan fingerprint density at radius 1 is 1.80 bits per heavy atom. The lowest BCUT2D eigenvalue weighted by Gasteiger charge is -2.15. The predicted octanol–water partition coefficient (Wildman–Crippen LogP) is 0.188. The molecule has 0 aromatic heterocycles. The molecule has 0 aliphatic carbocycles. The van der Waals surface area contributed by atoms with Crippen LogP contribution in [0, 0.1) is 17.8 Å². The minimum absolute atomic E-state index is 0.0718. The van der Waals surface area contributed by atoms with Gasteiger partial charge in [-0.25, -0.2) is 0 Å². The maximum Gasteiger partial charge on any atom is 0.212 e. The monoisotopic (exact) mass is 137 g/mol. The average Bonchev–Trinajstić information content (AvgIpc) is 2.36. The van der Waals surface area contributed by atoms with Crippen LogP contribution in [0.4, 0.5) is 0 Å². The van der Waals surface area contributed by atoms with Gasteiger partial charge in [-0.05, 0) is 18.9 Å². The molecule has 1 aliphatic rings. The van der Waals surface area contributed by atoms with Crippen LogP contribution in [-0.4, -0.2) is 18.9 Å². The van der Waals surface area contributed by atoms with Crippen molar-refractivity contribution in [1.29, 1.82) is 0 Å². The average molecular weight is 137 g/mol. The second-order valence-corrected chi connectivity index (χ2v) is 2.96. The Morgan fingerprint density at radius 3 is 2.90 bits per heavy atom. The topological polar surface area (TPSA) is 29.1 Å². The van der Waals surface area contributed by atoms with E-state index >= 15 is 0 Å². The summed E-state index contributed by atoms with van der Waals surface area (Å²) in [6.45, 7) is 3.55. The predicted molar refractivity (Wildman–Crippen MR) is 39.4 cm³/mol. The SMILES string of the molecule is C#CC(=O)C1(C)CCNC1. The highest BCUT2D eigenvalue weighted by Gasteiger charge is 2.34. The summed E-state index contributed by atoms with van der Waals surface area (Å²) >= 11 is 0. The van der Waals surface area contributed by atoms with Gasteiger partial charge >= 0.3 is 0 Å². The first-order chi connectivity index (χ1) is 4.69. The van der Waals surface area contributed by atoms with Gasteiger partial charge in [0.05, 0.1) is 5.41 Å². The third-order valence-corrected chi connectivity index (χ3v) is 2.05. The molecule has 0 radical (unpaired) electrons. The zero-order valence-electron chi connectivity index (χ0n) is 6.11. The molecule has 0 saturated carbocycles. The summed E-state index contributed by atoms with van der Waals surface area (Å²) in [5, 5.41) is 3.11. The number of nitrogens with one attached hydrogen (secondary N) is 1. The second-order valence-electron chi connectivity index (χ2n) is 2.96. The van der Waals surface area contributed by atoms with Crippen molar-refractivity contribution in [3.8, 4) is 12.3 Å². The van der Waals surface area contributed by atoms with Gasteiger partial charge in [0.1, 0.15) is 0 Å². The fourth-order valence-electron chi connectivity index (χ4n) is 1.18. The fraction of sp³-hybridized carbons (Fsp3) is 0.625. The van der Waals surface area contributed by atoms with E-state index in [1.807, 2.05) is 6.92 Å². The van der Waals surface area contributed by atoms with E-state index in [1.165, 1.54) is 0 Å². The van der Waals surface area contributed by atoms with Crippen molar-refractivity contribution in [1.82, 2.24) is 5.32 Å². The molecule has 0 aromatic rings. The highest BCUT2D eigenvalue weighted by atomic mass is 16.1. The molecule has 1 unspecified atom stereocenters. The number of carbonyl (C=O) groups is 1. The van der Waals surface area contributed by atoms with Crippen molar-refractivity contribution in [3.63, 3.8) is 0 Å². The molecular weight excluding hydrogens is 126 g/mol. The van der Waals surface area contributed by atoms with Crippen molar-refractivity contribution in [2.24, 2.45) is 5.41 Å². The lowest BCUT2D eigenvalue weighted by atomic mass is 9.85. The van der Waals surface area contributed by atoms with E-state index in [9.17, 15) is 4.79 Å². The quantitative estimate of drug-likeness (QED) is 0.413. The fourth-order valence-corrected chi connectivity index (χ4v) is 1.18. The molecule has 0 amide bonds. The van der Waals surface area contributed by atoms with Crippen LogP contribution in [-0.2, 0) is 4.79 Å². The first-order valence-electron chi connectivity index (χ1n) is 3.41. The van der Waals surface area contributed by atoms with Crippen molar-refractivity contribution in [3.05, 3.63) is 0 Å². The van der Waals surface area contributed by atoms with Gasteiger partial charge in [-0.15, -0.1) is 6.42 Å².